The van der Waals surface area contributed by atoms with Crippen molar-refractivity contribution in [2.45, 2.75) is 25.6 Å². The minimum Gasteiger partial charge on any atom is -0.368 e. The van der Waals surface area contributed by atoms with Crippen LogP contribution in [-0.2, 0) is 0 Å². The fourth-order valence-corrected chi connectivity index (χ4v) is 0.387. The summed E-state index contributed by atoms with van der Waals surface area (Å²) in [6, 6.07) is 0. The summed E-state index contributed by atoms with van der Waals surface area (Å²) in [5.41, 5.74) is 0. The Balaban J connectivity index is 2.85. The van der Waals surface area contributed by atoms with Crippen molar-refractivity contribution in [3.05, 3.63) is 0 Å². The molecule has 0 aliphatic carbocycles. The van der Waals surface area contributed by atoms with Gasteiger partial charge in [0.25, 0.3) is 0 Å². The van der Waals surface area contributed by atoms with Crippen LogP contribution in [0.5, 0.6) is 0 Å². The molecule has 0 amide bonds. The van der Waals surface area contributed by atoms with Crippen LogP contribution in [0.15, 0.2) is 0 Å². The van der Waals surface area contributed by atoms with Crippen molar-refractivity contribution < 1.29 is 10.2 Å². The maximum atomic E-state index is 8.27. The molecule has 0 atom stereocenters. The minimum atomic E-state index is -1.19. The number of terminal acetylenes is 1. The molecule has 0 fully saturated rings. The molecule has 0 aliphatic rings. The summed E-state index contributed by atoms with van der Waals surface area (Å²) in [6.07, 6.45) is 5.40. The summed E-state index contributed by atoms with van der Waals surface area (Å²) in [6.45, 7) is 0. The molecule has 2 heteroatoms. The minimum absolute atomic E-state index is 0.379. The zero-order chi connectivity index (χ0) is 6.41. The topological polar surface area (TPSA) is 40.5 Å². The monoisotopic (exact) mass is 114 g/mol. The second-order valence-electron chi connectivity index (χ2n) is 1.58. The molecule has 46 valence electrons. The number of unbranched alkanes of at least 4 members (excludes halogenated alkanes) is 1. The Morgan fingerprint density at radius 1 is 1.50 bits per heavy atom. The highest BCUT2D eigenvalue weighted by Gasteiger charge is 1.93. The summed E-state index contributed by atoms with van der Waals surface area (Å²) in [7, 11) is 0. The molecule has 8 heavy (non-hydrogen) atoms. The summed E-state index contributed by atoms with van der Waals surface area (Å²) < 4.78 is 0. The fourth-order valence-electron chi connectivity index (χ4n) is 0.387. The van der Waals surface area contributed by atoms with E-state index in [0.29, 0.717) is 19.3 Å². The van der Waals surface area contributed by atoms with E-state index in [4.69, 9.17) is 16.6 Å². The fraction of sp³-hybridized carbons (Fsp3) is 0.667. The Labute approximate surface area is 49.2 Å². The van der Waals surface area contributed by atoms with E-state index in [2.05, 4.69) is 5.92 Å². The molecule has 0 rings (SSSR count). The number of hydrogen-bond donors (Lipinski definition) is 2. The van der Waals surface area contributed by atoms with Gasteiger partial charge in [0.05, 0.1) is 0 Å². The highest BCUT2D eigenvalue weighted by atomic mass is 16.5. The first-order chi connectivity index (χ1) is 3.77. The van der Waals surface area contributed by atoms with Crippen LogP contribution >= 0.6 is 0 Å². The molecule has 0 radical (unpaired) electrons. The van der Waals surface area contributed by atoms with E-state index in [-0.39, 0.29) is 0 Å². The molecule has 2 nitrogen and oxygen atoms in total. The summed E-state index contributed by atoms with van der Waals surface area (Å²) >= 11 is 0. The molecule has 0 unspecified atom stereocenters. The van der Waals surface area contributed by atoms with Gasteiger partial charge in [-0.2, -0.15) is 0 Å². The van der Waals surface area contributed by atoms with E-state index >= 15 is 0 Å². The van der Waals surface area contributed by atoms with Gasteiger partial charge < -0.3 is 10.2 Å². The maximum absolute atomic E-state index is 8.27. The van der Waals surface area contributed by atoms with E-state index in [1.54, 1.807) is 0 Å². The van der Waals surface area contributed by atoms with Crippen LogP contribution in [0.2, 0.25) is 0 Å². The van der Waals surface area contributed by atoms with E-state index in [1.807, 2.05) is 0 Å². The second kappa shape index (κ2) is 4.63. The van der Waals surface area contributed by atoms with Gasteiger partial charge in [0.15, 0.2) is 6.29 Å². The van der Waals surface area contributed by atoms with Crippen molar-refractivity contribution in [3.8, 4) is 12.3 Å². The van der Waals surface area contributed by atoms with E-state index < -0.39 is 6.29 Å². The molecule has 0 spiro atoms. The lowest BCUT2D eigenvalue weighted by Crippen LogP contribution is -2.02. The van der Waals surface area contributed by atoms with Gasteiger partial charge >= 0.3 is 0 Å². The molecule has 0 aliphatic heterocycles. The van der Waals surface area contributed by atoms with Crippen LogP contribution in [0.1, 0.15) is 19.3 Å². The Morgan fingerprint density at radius 2 is 2.12 bits per heavy atom. The van der Waals surface area contributed by atoms with Crippen LogP contribution in [-0.4, -0.2) is 16.5 Å². The summed E-state index contributed by atoms with van der Waals surface area (Å²) in [4.78, 5) is 0. The average molecular weight is 114 g/mol. The predicted molar refractivity (Wildman–Crippen MR) is 30.9 cm³/mol. The average Bonchev–Trinajstić information content (AvgIpc) is 1.66. The summed E-state index contributed by atoms with van der Waals surface area (Å²) in [5.74, 6) is 2.40. The zero-order valence-electron chi connectivity index (χ0n) is 4.67. The Kier molecular flexibility index (Phi) is 4.33. The molecule has 0 heterocycles. The first-order valence-electron chi connectivity index (χ1n) is 2.57. The first kappa shape index (κ1) is 7.48. The van der Waals surface area contributed by atoms with Gasteiger partial charge in [0, 0.05) is 6.42 Å². The molecule has 0 aromatic heterocycles. The van der Waals surface area contributed by atoms with Gasteiger partial charge in [-0.15, -0.1) is 12.3 Å². The van der Waals surface area contributed by atoms with Crippen LogP contribution < -0.4 is 0 Å². The normalized spacial score (nSPS) is 9.25. The standard InChI is InChI=1S/C6H10O2/c1-2-3-4-5-6(7)8/h1,6-8H,3-5H2. The van der Waals surface area contributed by atoms with Gasteiger partial charge in [-0.05, 0) is 12.8 Å². The van der Waals surface area contributed by atoms with Crippen molar-refractivity contribution in [2.24, 2.45) is 0 Å². The third-order valence-electron chi connectivity index (χ3n) is 0.783. The van der Waals surface area contributed by atoms with Crippen LogP contribution in [0.4, 0.5) is 0 Å². The second-order valence-corrected chi connectivity index (χ2v) is 1.58. The molecular weight excluding hydrogens is 104 g/mol. The van der Waals surface area contributed by atoms with Crippen molar-refractivity contribution >= 4 is 0 Å². The third kappa shape index (κ3) is 5.48. The van der Waals surface area contributed by atoms with Crippen molar-refractivity contribution in [2.75, 3.05) is 0 Å². The summed E-state index contributed by atoms with van der Waals surface area (Å²) in [5, 5.41) is 16.5. The molecule has 0 saturated heterocycles. The van der Waals surface area contributed by atoms with Gasteiger partial charge in [-0.25, -0.2) is 0 Å². The van der Waals surface area contributed by atoms with Crippen LogP contribution in [0, 0.1) is 12.3 Å². The molecule has 2 N–H and O–H groups in total. The van der Waals surface area contributed by atoms with E-state index in [9.17, 15) is 0 Å². The van der Waals surface area contributed by atoms with E-state index in [1.165, 1.54) is 0 Å². The Morgan fingerprint density at radius 3 is 2.50 bits per heavy atom. The van der Waals surface area contributed by atoms with Crippen molar-refractivity contribution in [1.29, 1.82) is 0 Å². The SMILES string of the molecule is C#CCCCC(O)O. The number of hydrogen-bond acceptors (Lipinski definition) is 2. The third-order valence-corrected chi connectivity index (χ3v) is 0.783. The number of aliphatic hydroxyl groups is 2. The van der Waals surface area contributed by atoms with Crippen LogP contribution in [0.25, 0.3) is 0 Å². The van der Waals surface area contributed by atoms with Gasteiger partial charge in [0.1, 0.15) is 0 Å². The quantitative estimate of drug-likeness (QED) is 0.310. The van der Waals surface area contributed by atoms with E-state index in [0.717, 1.165) is 0 Å². The first-order valence-corrected chi connectivity index (χ1v) is 2.57. The number of rotatable bonds is 3. The van der Waals surface area contributed by atoms with Crippen LogP contribution in [0.3, 0.4) is 0 Å². The molecule has 0 bridgehead atoms. The maximum Gasteiger partial charge on any atom is 0.151 e. The molecule has 0 aromatic carbocycles. The predicted octanol–water partition coefficient (Wildman–Crippen LogP) is 0.101. The Hall–Kier alpha value is -0.520. The Bertz CT molecular complexity index is 81.0. The lowest BCUT2D eigenvalue weighted by molar-refractivity contribution is -0.0459. The highest BCUT2D eigenvalue weighted by Crippen LogP contribution is 1.95. The van der Waals surface area contributed by atoms with Gasteiger partial charge in [-0.3, -0.25) is 0 Å². The van der Waals surface area contributed by atoms with Gasteiger partial charge in [0.2, 0.25) is 0 Å². The zero-order valence-corrected chi connectivity index (χ0v) is 4.67. The number of aliphatic hydroxyl groups excluding tert-OH is 1. The lowest BCUT2D eigenvalue weighted by Gasteiger charge is -1.97. The van der Waals surface area contributed by atoms with Crippen molar-refractivity contribution in [3.63, 3.8) is 0 Å². The highest BCUT2D eigenvalue weighted by molar-refractivity contribution is 4.82. The molecule has 0 aromatic rings. The largest absolute Gasteiger partial charge is 0.368 e. The van der Waals surface area contributed by atoms with Crippen molar-refractivity contribution in [1.82, 2.24) is 0 Å². The smallest absolute Gasteiger partial charge is 0.151 e. The lowest BCUT2D eigenvalue weighted by atomic mass is 10.2. The van der Waals surface area contributed by atoms with Gasteiger partial charge in [-0.1, -0.05) is 0 Å². The molecule has 0 saturated carbocycles. The molecular formula is C6H10O2.